The van der Waals surface area contributed by atoms with Gasteiger partial charge in [0.2, 0.25) is 0 Å². The van der Waals surface area contributed by atoms with Crippen molar-refractivity contribution >= 4 is 5.71 Å². The van der Waals surface area contributed by atoms with Crippen LogP contribution in [0.5, 0.6) is 5.75 Å². The zero-order valence-electron chi connectivity index (χ0n) is 10.9. The molecule has 1 aliphatic heterocycles. The Morgan fingerprint density at radius 1 is 1.58 bits per heavy atom. The molecule has 1 N–H and O–H groups in total. The molecule has 1 fully saturated rings. The average Bonchev–Trinajstić information content (AvgIpc) is 2.92. The fourth-order valence-corrected chi connectivity index (χ4v) is 2.14. The van der Waals surface area contributed by atoms with E-state index in [2.05, 4.69) is 5.16 Å². The van der Waals surface area contributed by atoms with Crippen LogP contribution in [0.2, 0.25) is 0 Å². The molecule has 1 unspecified atom stereocenters. The van der Waals surface area contributed by atoms with Crippen molar-refractivity contribution in [3.05, 3.63) is 29.6 Å². The van der Waals surface area contributed by atoms with Gasteiger partial charge in [0.25, 0.3) is 0 Å². The SMILES string of the molecule is CC(=NO)c1cc(F)ccc1OCCC1CCCO1. The van der Waals surface area contributed by atoms with Crippen LogP contribution >= 0.6 is 0 Å². The molecule has 0 aliphatic carbocycles. The highest BCUT2D eigenvalue weighted by molar-refractivity contribution is 6.00. The van der Waals surface area contributed by atoms with Crippen LogP contribution in [0.4, 0.5) is 4.39 Å². The summed E-state index contributed by atoms with van der Waals surface area (Å²) >= 11 is 0. The summed E-state index contributed by atoms with van der Waals surface area (Å²) in [6.07, 6.45) is 3.24. The van der Waals surface area contributed by atoms with E-state index in [0.717, 1.165) is 25.9 Å². The summed E-state index contributed by atoms with van der Waals surface area (Å²) in [5, 5.41) is 11.9. The third-order valence-electron chi connectivity index (χ3n) is 3.20. The first kappa shape index (κ1) is 13.8. The number of nitrogens with zero attached hydrogens (tertiary/aromatic N) is 1. The van der Waals surface area contributed by atoms with E-state index in [1.54, 1.807) is 13.0 Å². The zero-order valence-corrected chi connectivity index (χ0v) is 10.9. The maximum absolute atomic E-state index is 13.2. The molecule has 0 saturated carbocycles. The van der Waals surface area contributed by atoms with Crippen molar-refractivity contribution in [2.24, 2.45) is 5.16 Å². The molecule has 1 saturated heterocycles. The summed E-state index contributed by atoms with van der Waals surface area (Å²) in [6.45, 7) is 2.92. The lowest BCUT2D eigenvalue weighted by Crippen LogP contribution is -2.12. The van der Waals surface area contributed by atoms with Gasteiger partial charge in [-0.15, -0.1) is 0 Å². The molecule has 1 aliphatic rings. The van der Waals surface area contributed by atoms with E-state index in [0.29, 0.717) is 23.6 Å². The highest BCUT2D eigenvalue weighted by Crippen LogP contribution is 2.22. The molecule has 0 spiro atoms. The zero-order chi connectivity index (χ0) is 13.7. The van der Waals surface area contributed by atoms with Crippen LogP contribution in [0.25, 0.3) is 0 Å². The Kier molecular flexibility index (Phi) is 4.74. The standard InChI is InChI=1S/C14H18FNO3/c1-10(16-17)13-9-11(15)4-5-14(13)19-8-6-12-3-2-7-18-12/h4-5,9,12,17H,2-3,6-8H2,1H3. The van der Waals surface area contributed by atoms with Gasteiger partial charge in [0.15, 0.2) is 0 Å². The molecule has 1 aromatic rings. The second-order valence-electron chi connectivity index (χ2n) is 4.60. The van der Waals surface area contributed by atoms with Gasteiger partial charge in [0, 0.05) is 18.6 Å². The Hall–Kier alpha value is -1.62. The minimum Gasteiger partial charge on any atom is -0.493 e. The van der Waals surface area contributed by atoms with Gasteiger partial charge >= 0.3 is 0 Å². The van der Waals surface area contributed by atoms with Crippen molar-refractivity contribution in [1.82, 2.24) is 0 Å². The predicted octanol–water partition coefficient (Wildman–Crippen LogP) is 2.97. The molecular formula is C14H18FNO3. The third kappa shape index (κ3) is 3.67. The van der Waals surface area contributed by atoms with E-state index in [1.807, 2.05) is 0 Å². The summed E-state index contributed by atoms with van der Waals surface area (Å²) in [5.41, 5.74) is 0.793. The summed E-state index contributed by atoms with van der Waals surface area (Å²) < 4.78 is 24.3. The number of rotatable bonds is 5. The van der Waals surface area contributed by atoms with Gasteiger partial charge in [0.05, 0.1) is 18.4 Å². The van der Waals surface area contributed by atoms with Crippen molar-refractivity contribution in [1.29, 1.82) is 0 Å². The first-order chi connectivity index (χ1) is 9.20. The van der Waals surface area contributed by atoms with Crippen LogP contribution < -0.4 is 4.74 Å². The van der Waals surface area contributed by atoms with Crippen molar-refractivity contribution in [3.63, 3.8) is 0 Å². The van der Waals surface area contributed by atoms with E-state index in [9.17, 15) is 4.39 Å². The Morgan fingerprint density at radius 3 is 3.11 bits per heavy atom. The highest BCUT2D eigenvalue weighted by Gasteiger charge is 2.16. The lowest BCUT2D eigenvalue weighted by Gasteiger charge is -2.13. The van der Waals surface area contributed by atoms with E-state index in [4.69, 9.17) is 14.7 Å². The van der Waals surface area contributed by atoms with E-state index < -0.39 is 0 Å². The van der Waals surface area contributed by atoms with E-state index >= 15 is 0 Å². The topological polar surface area (TPSA) is 51.1 Å². The van der Waals surface area contributed by atoms with E-state index in [1.165, 1.54) is 12.1 Å². The molecule has 0 aromatic heterocycles. The number of halogens is 1. The third-order valence-corrected chi connectivity index (χ3v) is 3.20. The van der Waals surface area contributed by atoms with Crippen LogP contribution in [0.3, 0.4) is 0 Å². The van der Waals surface area contributed by atoms with Crippen molar-refractivity contribution in [2.75, 3.05) is 13.2 Å². The number of hydrogen-bond acceptors (Lipinski definition) is 4. The summed E-state index contributed by atoms with van der Waals surface area (Å²) in [7, 11) is 0. The van der Waals surface area contributed by atoms with Crippen molar-refractivity contribution in [2.45, 2.75) is 32.3 Å². The minimum absolute atomic E-state index is 0.261. The Morgan fingerprint density at radius 2 is 2.42 bits per heavy atom. The molecule has 5 heteroatoms. The van der Waals surface area contributed by atoms with Crippen molar-refractivity contribution < 1.29 is 19.1 Å². The average molecular weight is 267 g/mol. The molecule has 4 nitrogen and oxygen atoms in total. The van der Waals surface area contributed by atoms with Crippen LogP contribution in [0.1, 0.15) is 31.7 Å². The molecule has 104 valence electrons. The van der Waals surface area contributed by atoms with Crippen LogP contribution in [-0.4, -0.2) is 30.2 Å². The maximum Gasteiger partial charge on any atom is 0.128 e. The fourth-order valence-electron chi connectivity index (χ4n) is 2.14. The second-order valence-corrected chi connectivity index (χ2v) is 4.60. The molecule has 1 aromatic carbocycles. The fraction of sp³-hybridized carbons (Fsp3) is 0.500. The number of ether oxygens (including phenoxy) is 2. The molecule has 1 atom stereocenters. The Labute approximate surface area is 111 Å². The van der Waals surface area contributed by atoms with Gasteiger partial charge in [-0.2, -0.15) is 0 Å². The molecule has 0 bridgehead atoms. The van der Waals surface area contributed by atoms with Crippen molar-refractivity contribution in [3.8, 4) is 5.75 Å². The summed E-state index contributed by atoms with van der Waals surface area (Å²) in [6, 6.07) is 4.18. The molecule has 1 heterocycles. The van der Waals surface area contributed by atoms with E-state index in [-0.39, 0.29) is 11.9 Å². The first-order valence-electron chi connectivity index (χ1n) is 6.43. The van der Waals surface area contributed by atoms with Gasteiger partial charge in [-0.3, -0.25) is 0 Å². The van der Waals surface area contributed by atoms with Gasteiger partial charge in [-0.1, -0.05) is 5.16 Å². The Bertz CT molecular complexity index is 456. The quantitative estimate of drug-likeness (QED) is 0.507. The van der Waals surface area contributed by atoms with Crippen LogP contribution in [-0.2, 0) is 4.74 Å². The highest BCUT2D eigenvalue weighted by atomic mass is 19.1. The molecule has 19 heavy (non-hydrogen) atoms. The molecular weight excluding hydrogens is 249 g/mol. The molecule has 0 radical (unpaired) electrons. The lowest BCUT2D eigenvalue weighted by atomic mass is 10.1. The number of oxime groups is 1. The Balaban J connectivity index is 1.98. The maximum atomic E-state index is 13.2. The van der Waals surface area contributed by atoms with Gasteiger partial charge in [-0.25, -0.2) is 4.39 Å². The number of benzene rings is 1. The monoisotopic (exact) mass is 267 g/mol. The lowest BCUT2D eigenvalue weighted by molar-refractivity contribution is 0.0903. The number of hydrogen-bond donors (Lipinski definition) is 1. The summed E-state index contributed by atoms with van der Waals surface area (Å²) in [5.74, 6) is 0.138. The minimum atomic E-state index is -0.385. The van der Waals surface area contributed by atoms with Gasteiger partial charge in [0.1, 0.15) is 11.6 Å². The van der Waals surface area contributed by atoms with Gasteiger partial charge in [-0.05, 0) is 38.0 Å². The predicted molar refractivity (Wildman–Crippen MR) is 69.5 cm³/mol. The normalized spacial score (nSPS) is 19.7. The van der Waals surface area contributed by atoms with Crippen LogP contribution in [0.15, 0.2) is 23.4 Å². The smallest absolute Gasteiger partial charge is 0.128 e. The van der Waals surface area contributed by atoms with Gasteiger partial charge < -0.3 is 14.7 Å². The largest absolute Gasteiger partial charge is 0.493 e. The summed E-state index contributed by atoms with van der Waals surface area (Å²) in [4.78, 5) is 0. The molecule has 2 rings (SSSR count). The second kappa shape index (κ2) is 6.52. The van der Waals surface area contributed by atoms with Crippen LogP contribution in [0, 0.1) is 5.82 Å². The molecule has 0 amide bonds. The first-order valence-corrected chi connectivity index (χ1v) is 6.43.